The summed E-state index contributed by atoms with van der Waals surface area (Å²) in [6, 6.07) is 20.1. The molecule has 4 rings (SSSR count). The van der Waals surface area contributed by atoms with Crippen molar-refractivity contribution in [1.29, 1.82) is 0 Å². The predicted octanol–water partition coefficient (Wildman–Crippen LogP) is 5.54. The molecule has 0 bridgehead atoms. The molecule has 4 nitrogen and oxygen atoms in total. The molecular weight excluding hydrogens is 376 g/mol. The number of hydrogen-bond donors (Lipinski definition) is 0. The van der Waals surface area contributed by atoms with E-state index in [0.717, 1.165) is 16.9 Å². The van der Waals surface area contributed by atoms with Crippen LogP contribution >= 0.6 is 11.6 Å². The van der Waals surface area contributed by atoms with E-state index >= 15 is 0 Å². The van der Waals surface area contributed by atoms with Crippen molar-refractivity contribution in [3.63, 3.8) is 0 Å². The molecule has 0 saturated carbocycles. The summed E-state index contributed by atoms with van der Waals surface area (Å²) in [6.45, 7) is 0.377. The zero-order chi connectivity index (χ0) is 19.5. The molecule has 1 aliphatic heterocycles. The van der Waals surface area contributed by atoms with Crippen LogP contribution in [0.15, 0.2) is 72.5 Å². The van der Waals surface area contributed by atoms with Gasteiger partial charge in [-0.15, -0.1) is 0 Å². The van der Waals surface area contributed by atoms with Crippen LogP contribution in [0.25, 0.3) is 6.08 Å². The Kier molecular flexibility index (Phi) is 5.04. The highest BCUT2D eigenvalue weighted by Gasteiger charge is 2.27. The van der Waals surface area contributed by atoms with Crippen molar-refractivity contribution in [1.82, 2.24) is 0 Å². The number of rotatable bonds is 5. The summed E-state index contributed by atoms with van der Waals surface area (Å²) in [5.41, 5.74) is 2.34. The fourth-order valence-electron chi connectivity index (χ4n) is 2.90. The molecule has 1 aliphatic rings. The Morgan fingerprint density at radius 2 is 1.79 bits per heavy atom. The van der Waals surface area contributed by atoms with Gasteiger partial charge in [0.15, 0.2) is 5.76 Å². The van der Waals surface area contributed by atoms with Gasteiger partial charge in [-0.1, -0.05) is 35.9 Å². The largest absolute Gasteiger partial charge is 0.497 e. The molecule has 0 radical (unpaired) electrons. The molecule has 140 valence electrons. The molecule has 0 atom stereocenters. The molecule has 0 unspecified atom stereocenters. The number of allylic oxidation sites excluding steroid dienone is 1. The Labute approximate surface area is 167 Å². The Morgan fingerprint density at radius 1 is 1.00 bits per heavy atom. The zero-order valence-corrected chi connectivity index (χ0v) is 15.9. The lowest BCUT2D eigenvalue weighted by molar-refractivity contribution is 0.101. The zero-order valence-electron chi connectivity index (χ0n) is 15.1. The number of ether oxygens (including phenoxy) is 3. The fourth-order valence-corrected chi connectivity index (χ4v) is 3.11. The third kappa shape index (κ3) is 3.87. The van der Waals surface area contributed by atoms with Crippen LogP contribution in [-0.2, 0) is 6.61 Å². The summed E-state index contributed by atoms with van der Waals surface area (Å²) in [5.74, 6) is 2.01. The van der Waals surface area contributed by atoms with Crippen molar-refractivity contribution in [3.05, 3.63) is 94.2 Å². The number of hydrogen-bond acceptors (Lipinski definition) is 4. The minimum atomic E-state index is -0.146. The van der Waals surface area contributed by atoms with Crippen LogP contribution in [0.4, 0.5) is 0 Å². The SMILES string of the molecule is COc1ccc(/C=C2\Oc3cc(OCc4cccc(Cl)c4)ccc3C2=O)cc1. The smallest absolute Gasteiger partial charge is 0.231 e. The molecule has 28 heavy (non-hydrogen) atoms. The number of carbonyl (C=O) groups excluding carboxylic acids is 1. The third-order valence-electron chi connectivity index (χ3n) is 4.35. The molecule has 0 amide bonds. The first kappa shape index (κ1) is 18.1. The van der Waals surface area contributed by atoms with E-state index in [2.05, 4.69) is 0 Å². The molecule has 0 saturated heterocycles. The Hall–Kier alpha value is -3.24. The quantitative estimate of drug-likeness (QED) is 0.534. The van der Waals surface area contributed by atoms with E-state index in [9.17, 15) is 4.79 Å². The monoisotopic (exact) mass is 392 g/mol. The average molecular weight is 393 g/mol. The van der Waals surface area contributed by atoms with E-state index in [-0.39, 0.29) is 11.5 Å². The second-order valence-corrected chi connectivity index (χ2v) is 6.73. The van der Waals surface area contributed by atoms with E-state index < -0.39 is 0 Å². The molecule has 0 aromatic heterocycles. The summed E-state index contributed by atoms with van der Waals surface area (Å²) in [7, 11) is 1.61. The summed E-state index contributed by atoms with van der Waals surface area (Å²) >= 11 is 5.99. The summed E-state index contributed by atoms with van der Waals surface area (Å²) in [5, 5.41) is 0.664. The van der Waals surface area contributed by atoms with E-state index in [0.29, 0.717) is 28.7 Å². The minimum absolute atomic E-state index is 0.146. The van der Waals surface area contributed by atoms with Gasteiger partial charge in [0.1, 0.15) is 23.9 Å². The van der Waals surface area contributed by atoms with Gasteiger partial charge in [-0.05, 0) is 53.6 Å². The van der Waals surface area contributed by atoms with Crippen molar-refractivity contribution < 1.29 is 19.0 Å². The molecule has 0 spiro atoms. The molecule has 1 heterocycles. The number of methoxy groups -OCH3 is 1. The van der Waals surface area contributed by atoms with Crippen LogP contribution in [0.5, 0.6) is 17.2 Å². The molecule has 0 aliphatic carbocycles. The number of halogens is 1. The fraction of sp³-hybridized carbons (Fsp3) is 0.0870. The molecule has 0 fully saturated rings. The van der Waals surface area contributed by atoms with Gasteiger partial charge in [0.25, 0.3) is 0 Å². The van der Waals surface area contributed by atoms with Gasteiger partial charge in [-0.2, -0.15) is 0 Å². The van der Waals surface area contributed by atoms with Crippen molar-refractivity contribution in [3.8, 4) is 17.2 Å². The normalized spacial score (nSPS) is 13.9. The average Bonchev–Trinajstić information content (AvgIpc) is 3.02. The first-order valence-electron chi connectivity index (χ1n) is 8.72. The molecule has 0 N–H and O–H groups in total. The summed E-state index contributed by atoms with van der Waals surface area (Å²) in [4.78, 5) is 12.6. The standard InChI is InChI=1S/C23H17ClO4/c1-26-18-7-5-15(6-8-18)12-22-23(25)20-10-9-19(13-21(20)28-22)27-14-16-3-2-4-17(24)11-16/h2-13H,14H2,1H3/b22-12-. The second kappa shape index (κ2) is 7.79. The summed E-state index contributed by atoms with van der Waals surface area (Å²) in [6.07, 6.45) is 1.72. The van der Waals surface area contributed by atoms with E-state index in [4.69, 9.17) is 25.8 Å². The third-order valence-corrected chi connectivity index (χ3v) is 4.58. The van der Waals surface area contributed by atoms with Gasteiger partial charge in [0.05, 0.1) is 12.7 Å². The number of fused-ring (bicyclic) bond motifs is 1. The van der Waals surface area contributed by atoms with Gasteiger partial charge in [0.2, 0.25) is 5.78 Å². The second-order valence-electron chi connectivity index (χ2n) is 6.29. The maximum Gasteiger partial charge on any atom is 0.231 e. The van der Waals surface area contributed by atoms with Crippen LogP contribution < -0.4 is 14.2 Å². The van der Waals surface area contributed by atoms with Gasteiger partial charge in [-0.25, -0.2) is 0 Å². The van der Waals surface area contributed by atoms with Crippen molar-refractivity contribution in [2.24, 2.45) is 0 Å². The number of carbonyl (C=O) groups is 1. The Bertz CT molecular complexity index is 1050. The highest BCUT2D eigenvalue weighted by molar-refractivity contribution is 6.30. The van der Waals surface area contributed by atoms with Gasteiger partial charge in [-0.3, -0.25) is 4.79 Å². The lowest BCUT2D eigenvalue weighted by atomic mass is 10.1. The van der Waals surface area contributed by atoms with E-state index in [1.165, 1.54) is 0 Å². The number of ketones is 1. The molecule has 5 heteroatoms. The highest BCUT2D eigenvalue weighted by atomic mass is 35.5. The first-order valence-corrected chi connectivity index (χ1v) is 9.10. The van der Waals surface area contributed by atoms with Gasteiger partial charge >= 0.3 is 0 Å². The molecule has 3 aromatic rings. The maximum absolute atomic E-state index is 12.6. The Morgan fingerprint density at radius 3 is 2.54 bits per heavy atom. The maximum atomic E-state index is 12.6. The first-order chi connectivity index (χ1) is 13.6. The minimum Gasteiger partial charge on any atom is -0.497 e. The molecular formula is C23H17ClO4. The van der Waals surface area contributed by atoms with Gasteiger partial charge < -0.3 is 14.2 Å². The van der Waals surface area contributed by atoms with Crippen LogP contribution in [0.1, 0.15) is 21.5 Å². The predicted molar refractivity (Wildman–Crippen MR) is 108 cm³/mol. The molecule has 3 aromatic carbocycles. The summed E-state index contributed by atoms with van der Waals surface area (Å²) < 4.78 is 16.7. The van der Waals surface area contributed by atoms with Gasteiger partial charge in [0, 0.05) is 11.1 Å². The Balaban J connectivity index is 1.49. The lowest BCUT2D eigenvalue weighted by Gasteiger charge is -2.07. The number of benzene rings is 3. The van der Waals surface area contributed by atoms with Crippen LogP contribution in [-0.4, -0.2) is 12.9 Å². The van der Waals surface area contributed by atoms with E-state index in [1.807, 2.05) is 48.5 Å². The van der Waals surface area contributed by atoms with Crippen molar-refractivity contribution in [2.75, 3.05) is 7.11 Å². The van der Waals surface area contributed by atoms with E-state index in [1.54, 1.807) is 31.4 Å². The van der Waals surface area contributed by atoms with Crippen LogP contribution in [0.3, 0.4) is 0 Å². The van der Waals surface area contributed by atoms with Crippen LogP contribution in [0.2, 0.25) is 5.02 Å². The number of Topliss-reactive ketones (excluding diaryl/α,β-unsaturated/α-hetero) is 1. The van der Waals surface area contributed by atoms with Crippen molar-refractivity contribution in [2.45, 2.75) is 6.61 Å². The van der Waals surface area contributed by atoms with Crippen LogP contribution in [0, 0.1) is 0 Å². The topological polar surface area (TPSA) is 44.8 Å². The van der Waals surface area contributed by atoms with Crippen molar-refractivity contribution >= 4 is 23.5 Å². The highest BCUT2D eigenvalue weighted by Crippen LogP contribution is 2.35. The lowest BCUT2D eigenvalue weighted by Crippen LogP contribution is -1.98.